The Kier molecular flexibility index (Phi) is 8.16. The molecule has 7 rings (SSSR count). The molecular weight excluding hydrogens is 625 g/mol. The number of hydrogen-bond acceptors (Lipinski definition) is 7. The molecule has 1 unspecified atom stereocenters. The van der Waals surface area contributed by atoms with Gasteiger partial charge in [-0.3, -0.25) is 9.36 Å². The van der Waals surface area contributed by atoms with Crippen molar-refractivity contribution in [1.29, 1.82) is 5.26 Å². The number of fused-ring (bicyclic) bond motifs is 2. The second-order valence-electron chi connectivity index (χ2n) is 12.0. The fourth-order valence-electron chi connectivity index (χ4n) is 6.72. The molecule has 4 heterocycles. The van der Waals surface area contributed by atoms with Crippen LogP contribution in [0.2, 0.25) is 0 Å². The maximum absolute atomic E-state index is 14.4. The summed E-state index contributed by atoms with van der Waals surface area (Å²) < 4.78 is 9.90. The highest BCUT2D eigenvalue weighted by molar-refractivity contribution is 7.15. The molecule has 2 aliphatic rings. The van der Waals surface area contributed by atoms with Crippen LogP contribution in [-0.4, -0.2) is 21.7 Å². The summed E-state index contributed by atoms with van der Waals surface area (Å²) in [6, 6.07) is 21.3. The minimum Gasteiger partial charge on any atom is -0.463 e. The second kappa shape index (κ2) is 12.4. The van der Waals surface area contributed by atoms with E-state index in [4.69, 9.17) is 9.73 Å². The third-order valence-electron chi connectivity index (χ3n) is 8.99. The van der Waals surface area contributed by atoms with E-state index in [-0.39, 0.29) is 12.2 Å². The summed E-state index contributed by atoms with van der Waals surface area (Å²) in [5.74, 6) is -0.495. The maximum atomic E-state index is 14.4. The number of rotatable bonds is 6. The number of benzene rings is 2. The van der Waals surface area contributed by atoms with Crippen LogP contribution in [0.3, 0.4) is 0 Å². The summed E-state index contributed by atoms with van der Waals surface area (Å²) in [6.07, 6.45) is 6.15. The number of thiophene rings is 1. The van der Waals surface area contributed by atoms with Gasteiger partial charge in [-0.25, -0.2) is 9.79 Å². The minimum absolute atomic E-state index is 0.200. The summed E-state index contributed by atoms with van der Waals surface area (Å²) in [5.41, 5.74) is 8.13. The van der Waals surface area contributed by atoms with Gasteiger partial charge in [0.25, 0.3) is 5.56 Å². The summed E-state index contributed by atoms with van der Waals surface area (Å²) in [5, 5.41) is 11.1. The molecule has 0 bridgehead atoms. The van der Waals surface area contributed by atoms with Gasteiger partial charge in [0, 0.05) is 21.8 Å². The number of esters is 1. The summed E-state index contributed by atoms with van der Waals surface area (Å²) in [6.45, 7) is 8.07. The topological polar surface area (TPSA) is 89.4 Å². The molecule has 236 valence electrons. The van der Waals surface area contributed by atoms with Gasteiger partial charge < -0.3 is 9.30 Å². The van der Waals surface area contributed by atoms with E-state index in [2.05, 4.69) is 16.7 Å². The number of thiazole rings is 1. The quantitative estimate of drug-likeness (QED) is 0.196. The Balaban J connectivity index is 1.44. The fourth-order valence-corrected chi connectivity index (χ4v) is 9.16. The van der Waals surface area contributed by atoms with Crippen LogP contribution in [0.4, 0.5) is 0 Å². The van der Waals surface area contributed by atoms with Crippen molar-refractivity contribution in [3.63, 3.8) is 0 Å². The third-order valence-corrected chi connectivity index (χ3v) is 11.3. The van der Waals surface area contributed by atoms with Gasteiger partial charge in [-0.1, -0.05) is 71.5 Å². The third kappa shape index (κ3) is 5.32. The van der Waals surface area contributed by atoms with Crippen LogP contribution >= 0.6 is 22.7 Å². The van der Waals surface area contributed by atoms with Crippen LogP contribution in [0.1, 0.15) is 75.5 Å². The highest BCUT2D eigenvalue weighted by atomic mass is 32.1. The molecular formula is C38H34N4O3S2. The average Bonchev–Trinajstić information content (AvgIpc) is 3.70. The van der Waals surface area contributed by atoms with Crippen molar-refractivity contribution in [2.45, 2.75) is 59.4 Å². The zero-order chi connectivity index (χ0) is 32.8. The number of carbonyl (C=O) groups excluding carboxylic acids is 1. The first-order valence-corrected chi connectivity index (χ1v) is 17.5. The Labute approximate surface area is 281 Å². The number of nitriles is 1. The van der Waals surface area contributed by atoms with Crippen LogP contribution in [0.25, 0.3) is 16.8 Å². The molecule has 1 aliphatic heterocycles. The van der Waals surface area contributed by atoms with Gasteiger partial charge in [0.2, 0.25) is 0 Å². The number of nitrogens with zero attached hydrogens (tertiary/aromatic N) is 4. The van der Waals surface area contributed by atoms with E-state index >= 15 is 0 Å². The largest absolute Gasteiger partial charge is 0.463 e. The Morgan fingerprint density at radius 1 is 1.06 bits per heavy atom. The van der Waals surface area contributed by atoms with Gasteiger partial charge in [0.15, 0.2) is 4.80 Å². The molecule has 3 aromatic heterocycles. The van der Waals surface area contributed by atoms with E-state index in [9.17, 15) is 14.9 Å². The molecule has 1 atom stereocenters. The molecule has 0 saturated carbocycles. The van der Waals surface area contributed by atoms with Crippen molar-refractivity contribution in [2.75, 3.05) is 6.61 Å². The average molecular weight is 659 g/mol. The monoisotopic (exact) mass is 658 g/mol. The smallest absolute Gasteiger partial charge is 0.338 e. The van der Waals surface area contributed by atoms with Gasteiger partial charge >= 0.3 is 5.97 Å². The van der Waals surface area contributed by atoms with Crippen molar-refractivity contribution >= 4 is 40.4 Å². The van der Waals surface area contributed by atoms with E-state index in [1.54, 1.807) is 22.8 Å². The highest BCUT2D eigenvalue weighted by Gasteiger charge is 2.35. The molecule has 0 fully saturated rings. The number of carbonyl (C=O) groups is 1. The van der Waals surface area contributed by atoms with Crippen molar-refractivity contribution in [1.82, 2.24) is 9.13 Å². The normalized spacial score (nSPS) is 16.0. The molecule has 1 aliphatic carbocycles. The Morgan fingerprint density at radius 2 is 1.81 bits per heavy atom. The lowest BCUT2D eigenvalue weighted by atomic mass is 9.92. The Bertz CT molecular complexity index is 2290. The van der Waals surface area contributed by atoms with E-state index < -0.39 is 12.0 Å². The van der Waals surface area contributed by atoms with Gasteiger partial charge in [0.05, 0.1) is 34.0 Å². The lowest BCUT2D eigenvalue weighted by molar-refractivity contribution is -0.138. The first kappa shape index (κ1) is 30.9. The molecule has 47 heavy (non-hydrogen) atoms. The molecule has 5 aromatic rings. The predicted octanol–water partition coefficient (Wildman–Crippen LogP) is 6.46. The second-order valence-corrected chi connectivity index (χ2v) is 14.1. The van der Waals surface area contributed by atoms with Crippen LogP contribution < -0.4 is 14.9 Å². The molecule has 0 spiro atoms. The maximum Gasteiger partial charge on any atom is 0.338 e. The molecule has 0 saturated heterocycles. The number of hydrogen-bond donors (Lipinski definition) is 0. The highest BCUT2D eigenvalue weighted by Crippen LogP contribution is 2.39. The summed E-state index contributed by atoms with van der Waals surface area (Å²) in [4.78, 5) is 34.9. The van der Waals surface area contributed by atoms with E-state index in [1.165, 1.54) is 21.8 Å². The zero-order valence-electron chi connectivity index (χ0n) is 26.8. The number of aryl methyl sites for hydroxylation is 3. The zero-order valence-corrected chi connectivity index (χ0v) is 28.4. The number of ether oxygens (including phenoxy) is 1. The van der Waals surface area contributed by atoms with Gasteiger partial charge in [-0.2, -0.15) is 5.26 Å². The number of aromatic nitrogens is 2. The Hall–Kier alpha value is -4.78. The standard InChI is InChI=1S/C38H34N4O3S2/c1-5-45-37(44)32-33(25-11-7-6-8-12-25)40-38-42(34(32)26-17-15-22(2)16-18-26)35(43)31(47-38)20-27-19-23(3)41(24(27)4)36-29(21-39)28-13-9-10-14-30(28)46-36/h6-8,11-12,15-20,34H,5,9-10,13-14H2,1-4H3/b31-20-. The summed E-state index contributed by atoms with van der Waals surface area (Å²) in [7, 11) is 0. The minimum atomic E-state index is -0.716. The first-order valence-electron chi connectivity index (χ1n) is 15.9. The van der Waals surface area contributed by atoms with Crippen molar-refractivity contribution in [3.05, 3.63) is 136 Å². The molecule has 7 nitrogen and oxygen atoms in total. The lowest BCUT2D eigenvalue weighted by Crippen LogP contribution is -2.40. The van der Waals surface area contributed by atoms with Crippen molar-refractivity contribution in [2.24, 2.45) is 4.99 Å². The SMILES string of the molecule is CCOC(=O)C1=C(c2ccccc2)N=c2s/c(=C\c3cc(C)n(-c4sc5c(c4C#N)CCCC5)c3C)c(=O)n2C1c1ccc(C)cc1. The molecule has 0 radical (unpaired) electrons. The first-order chi connectivity index (χ1) is 22.8. The molecule has 9 heteroatoms. The molecule has 0 amide bonds. The van der Waals surface area contributed by atoms with Crippen LogP contribution in [0.5, 0.6) is 0 Å². The van der Waals surface area contributed by atoms with E-state index in [0.29, 0.717) is 20.6 Å². The van der Waals surface area contributed by atoms with Gasteiger partial charge in [0.1, 0.15) is 11.1 Å². The molecule has 2 aromatic carbocycles. The Morgan fingerprint density at radius 3 is 2.53 bits per heavy atom. The fraction of sp³-hybridized carbons (Fsp3) is 0.263. The van der Waals surface area contributed by atoms with Crippen LogP contribution in [0.15, 0.2) is 76.0 Å². The van der Waals surface area contributed by atoms with Crippen LogP contribution in [-0.2, 0) is 22.4 Å². The van der Waals surface area contributed by atoms with Crippen LogP contribution in [0, 0.1) is 32.1 Å². The van der Waals surface area contributed by atoms with E-state index in [1.807, 2.05) is 81.4 Å². The molecule has 0 N–H and O–H groups in total. The lowest BCUT2D eigenvalue weighted by Gasteiger charge is -2.26. The predicted molar refractivity (Wildman–Crippen MR) is 187 cm³/mol. The van der Waals surface area contributed by atoms with E-state index in [0.717, 1.165) is 69.9 Å². The van der Waals surface area contributed by atoms with Crippen molar-refractivity contribution < 1.29 is 9.53 Å². The van der Waals surface area contributed by atoms with Crippen molar-refractivity contribution in [3.8, 4) is 11.1 Å². The van der Waals surface area contributed by atoms with Gasteiger partial charge in [-0.15, -0.1) is 11.3 Å². The summed E-state index contributed by atoms with van der Waals surface area (Å²) >= 11 is 3.03. The van der Waals surface area contributed by atoms with Gasteiger partial charge in [-0.05, 0) is 82.2 Å².